The van der Waals surface area contributed by atoms with Gasteiger partial charge in [-0.1, -0.05) is 30.3 Å². The van der Waals surface area contributed by atoms with Crippen LogP contribution >= 0.6 is 0 Å². The minimum atomic E-state index is -1.29. The summed E-state index contributed by atoms with van der Waals surface area (Å²) in [7, 11) is 1.59. The van der Waals surface area contributed by atoms with E-state index in [0.717, 1.165) is 17.7 Å². The number of benzene rings is 2. The summed E-state index contributed by atoms with van der Waals surface area (Å²) in [5, 5.41) is 8.39. The van der Waals surface area contributed by atoms with Gasteiger partial charge in [0.15, 0.2) is 11.6 Å². The lowest BCUT2D eigenvalue weighted by molar-refractivity contribution is -0.143. The van der Waals surface area contributed by atoms with Crippen LogP contribution in [0, 0.1) is 17.0 Å². The number of hydrogen-bond acceptors (Lipinski definition) is 6. The molecule has 2 aliphatic rings. The summed E-state index contributed by atoms with van der Waals surface area (Å²) < 4.78 is 32.6. The second kappa shape index (κ2) is 10.5. The average Bonchev–Trinajstić information content (AvgIpc) is 3.12. The molecule has 0 aromatic heterocycles. The van der Waals surface area contributed by atoms with Crippen LogP contribution in [0.3, 0.4) is 0 Å². The molecule has 3 amide bonds. The quantitative estimate of drug-likeness (QED) is 0.544. The van der Waals surface area contributed by atoms with Gasteiger partial charge in [-0.05, 0) is 38.0 Å². The lowest BCUT2D eigenvalue weighted by atomic mass is 9.73. The first kappa shape index (κ1) is 27.2. The molecule has 2 atom stereocenters. The number of nitrogens with two attached hydrogens (primary N) is 1. The minimum Gasteiger partial charge on any atom is -0.491 e. The van der Waals surface area contributed by atoms with Crippen LogP contribution in [-0.2, 0) is 20.8 Å². The third-order valence-corrected chi connectivity index (χ3v) is 6.76. The molecule has 2 aromatic carbocycles. The van der Waals surface area contributed by atoms with Gasteiger partial charge in [0.2, 0.25) is 11.8 Å². The van der Waals surface area contributed by atoms with Crippen molar-refractivity contribution in [2.24, 2.45) is 16.3 Å². The highest BCUT2D eigenvalue weighted by Crippen LogP contribution is 2.38. The van der Waals surface area contributed by atoms with Crippen LogP contribution in [0.25, 0.3) is 0 Å². The van der Waals surface area contributed by atoms with E-state index >= 15 is 0 Å². The number of nitrogens with zero attached hydrogens (tertiary/aromatic N) is 3. The van der Waals surface area contributed by atoms with Gasteiger partial charge in [-0.15, -0.1) is 0 Å². The van der Waals surface area contributed by atoms with Crippen LogP contribution in [-0.4, -0.2) is 71.7 Å². The number of nitrogens with one attached hydrogen (secondary N) is 1. The number of rotatable bonds is 8. The van der Waals surface area contributed by atoms with E-state index < -0.39 is 40.4 Å². The first-order valence-electron chi connectivity index (χ1n) is 12.3. The highest BCUT2D eigenvalue weighted by molar-refractivity contribution is 6.13. The van der Waals surface area contributed by atoms with Gasteiger partial charge in [0.1, 0.15) is 23.8 Å². The molecule has 0 spiro atoms. The van der Waals surface area contributed by atoms with Crippen LogP contribution in [0.1, 0.15) is 25.8 Å². The largest absolute Gasteiger partial charge is 0.491 e. The topological polar surface area (TPSA) is 117 Å². The number of hydrogen-bond donors (Lipinski definition) is 2. The van der Waals surface area contributed by atoms with E-state index in [9.17, 15) is 23.2 Å². The fourth-order valence-electron chi connectivity index (χ4n) is 4.70. The van der Waals surface area contributed by atoms with Gasteiger partial charge in [0.25, 0.3) is 5.91 Å². The number of carbonyl (C=O) groups is 3. The highest BCUT2D eigenvalue weighted by Gasteiger charge is 2.54. The van der Waals surface area contributed by atoms with Crippen LogP contribution < -0.4 is 15.8 Å². The van der Waals surface area contributed by atoms with Crippen molar-refractivity contribution >= 4 is 23.4 Å². The number of likely N-dealkylation sites (tertiary alicyclic amines) is 1. The number of ether oxygens (including phenoxy) is 1. The summed E-state index contributed by atoms with van der Waals surface area (Å²) in [5.74, 6) is -3.45. The van der Waals surface area contributed by atoms with Crippen LogP contribution in [0.5, 0.6) is 5.75 Å². The summed E-state index contributed by atoms with van der Waals surface area (Å²) in [6.45, 7) is 2.96. The molecule has 9 nitrogen and oxygen atoms in total. The highest BCUT2D eigenvalue weighted by atomic mass is 19.2. The van der Waals surface area contributed by atoms with Gasteiger partial charge >= 0.3 is 0 Å². The maximum atomic E-state index is 13.8. The Labute approximate surface area is 219 Å². The van der Waals surface area contributed by atoms with Gasteiger partial charge in [0.05, 0.1) is 11.3 Å². The van der Waals surface area contributed by atoms with Crippen LogP contribution in [0.15, 0.2) is 53.6 Å². The summed E-state index contributed by atoms with van der Waals surface area (Å²) >= 11 is 0. The molecule has 4 rings (SSSR count). The molecule has 0 aliphatic carbocycles. The molecular formula is C27H31F2N5O4. The van der Waals surface area contributed by atoms with Gasteiger partial charge in [-0.25, -0.2) is 13.8 Å². The molecule has 2 aromatic rings. The van der Waals surface area contributed by atoms with E-state index in [1.54, 1.807) is 7.05 Å². The zero-order chi connectivity index (χ0) is 27.7. The molecule has 38 heavy (non-hydrogen) atoms. The average molecular weight is 528 g/mol. The molecule has 3 N–H and O–H groups in total. The Balaban J connectivity index is 1.59. The number of hydrazone groups is 1. The molecule has 1 fully saturated rings. The van der Waals surface area contributed by atoms with Crippen molar-refractivity contribution in [2.75, 3.05) is 26.7 Å². The monoisotopic (exact) mass is 527 g/mol. The predicted octanol–water partition coefficient (Wildman–Crippen LogP) is 1.86. The van der Waals surface area contributed by atoms with E-state index in [1.807, 2.05) is 30.3 Å². The minimum absolute atomic E-state index is 0.0100. The van der Waals surface area contributed by atoms with Gasteiger partial charge in [0, 0.05) is 32.6 Å². The number of carbonyl (C=O) groups excluding carboxylic acids is 3. The molecule has 0 unspecified atom stereocenters. The number of piperidine rings is 1. The van der Waals surface area contributed by atoms with Crippen molar-refractivity contribution in [3.8, 4) is 5.75 Å². The summed E-state index contributed by atoms with van der Waals surface area (Å²) in [4.78, 5) is 41.4. The molecule has 0 bridgehead atoms. The molecule has 2 aliphatic heterocycles. The number of halogens is 2. The zero-order valence-electron chi connectivity index (χ0n) is 21.5. The Bertz CT molecular complexity index is 1260. The van der Waals surface area contributed by atoms with E-state index in [2.05, 4.69) is 10.4 Å². The fraction of sp³-hybridized carbons (Fsp3) is 0.407. The first-order chi connectivity index (χ1) is 17.9. The van der Waals surface area contributed by atoms with Crippen molar-refractivity contribution in [1.82, 2.24) is 15.2 Å². The molecule has 11 heteroatoms. The number of amides is 3. The first-order valence-corrected chi connectivity index (χ1v) is 12.3. The lowest BCUT2D eigenvalue weighted by Crippen LogP contribution is -2.62. The number of fused-ring (bicyclic) bond motifs is 1. The van der Waals surface area contributed by atoms with Crippen molar-refractivity contribution in [2.45, 2.75) is 38.3 Å². The Kier molecular flexibility index (Phi) is 7.50. The van der Waals surface area contributed by atoms with Crippen LogP contribution in [0.2, 0.25) is 0 Å². The van der Waals surface area contributed by atoms with Crippen LogP contribution in [0.4, 0.5) is 8.78 Å². The van der Waals surface area contributed by atoms with Gasteiger partial charge in [-0.3, -0.25) is 14.4 Å². The van der Waals surface area contributed by atoms with E-state index in [4.69, 9.17) is 10.5 Å². The zero-order valence-corrected chi connectivity index (χ0v) is 21.5. The Morgan fingerprint density at radius 1 is 1.18 bits per heavy atom. The van der Waals surface area contributed by atoms with E-state index in [1.165, 1.54) is 29.8 Å². The smallest absolute Gasteiger partial charge is 0.256 e. The maximum absolute atomic E-state index is 13.8. The summed E-state index contributed by atoms with van der Waals surface area (Å²) in [6, 6.07) is 11.3. The molecule has 2 heterocycles. The molecule has 202 valence electrons. The Hall–Kier alpha value is -3.86. The van der Waals surface area contributed by atoms with Crippen molar-refractivity contribution in [1.29, 1.82) is 0 Å². The predicted molar refractivity (Wildman–Crippen MR) is 136 cm³/mol. The Morgan fingerprint density at radius 3 is 2.55 bits per heavy atom. The second-order valence-corrected chi connectivity index (χ2v) is 10.3. The van der Waals surface area contributed by atoms with Gasteiger partial charge < -0.3 is 20.7 Å². The third-order valence-electron chi connectivity index (χ3n) is 6.76. The molecule has 0 saturated carbocycles. The van der Waals surface area contributed by atoms with Crippen molar-refractivity contribution in [3.63, 3.8) is 0 Å². The molecule has 1 saturated heterocycles. The fourth-order valence-corrected chi connectivity index (χ4v) is 4.70. The second-order valence-electron chi connectivity index (χ2n) is 10.3. The lowest BCUT2D eigenvalue weighted by Gasteiger charge is -2.40. The van der Waals surface area contributed by atoms with E-state index in [-0.39, 0.29) is 31.4 Å². The molecule has 0 radical (unpaired) electrons. The third kappa shape index (κ3) is 5.52. The molecular weight excluding hydrogens is 496 g/mol. The van der Waals surface area contributed by atoms with Gasteiger partial charge in [-0.2, -0.15) is 5.10 Å². The van der Waals surface area contributed by atoms with Crippen molar-refractivity contribution in [3.05, 3.63) is 65.7 Å². The standard InChI is InChI=1S/C27H31F2N5O4/c1-26(2,30)24(36)31-21(15-38-18-9-10-19(28)20(29)13-18)23(35)34-12-11-22-27(16-34,25(37)33(3)32-22)14-17-7-5-4-6-8-17/h4-10,13,21H,11-12,14-16,30H2,1-3H3,(H,31,36)/t21-,27-/m1/s1. The van der Waals surface area contributed by atoms with E-state index in [0.29, 0.717) is 18.6 Å². The summed E-state index contributed by atoms with van der Waals surface area (Å²) in [6.07, 6.45) is 0.736. The normalized spacial score (nSPS) is 20.1. The maximum Gasteiger partial charge on any atom is 0.256 e. The SMILES string of the molecule is CN1N=C2CCN(C(=O)[C@@H](COc3ccc(F)c(F)c3)NC(=O)C(C)(C)N)C[C@@]2(Cc2ccccc2)C1=O. The Morgan fingerprint density at radius 2 is 1.89 bits per heavy atom. The van der Waals surface area contributed by atoms with Crippen molar-refractivity contribution < 1.29 is 27.9 Å². The summed E-state index contributed by atoms with van der Waals surface area (Å²) in [5.41, 5.74) is 5.23.